The lowest BCUT2D eigenvalue weighted by molar-refractivity contribution is 0.0845. The summed E-state index contributed by atoms with van der Waals surface area (Å²) in [5.74, 6) is 0.827. The van der Waals surface area contributed by atoms with Gasteiger partial charge in [-0.2, -0.15) is 0 Å². The molecule has 1 aromatic heterocycles. The maximum atomic E-state index is 6.02. The maximum absolute atomic E-state index is 6.02. The summed E-state index contributed by atoms with van der Waals surface area (Å²) in [5.41, 5.74) is 8.77. The predicted molar refractivity (Wildman–Crippen MR) is 84.5 cm³/mol. The van der Waals surface area contributed by atoms with Crippen LogP contribution in [0.5, 0.6) is 0 Å². The molecule has 0 aromatic carbocycles. The Kier molecular flexibility index (Phi) is 4.82. The molecule has 1 aliphatic rings. The fraction of sp³-hybridized carbons (Fsp3) is 0.706. The molecule has 1 unspecified atom stereocenters. The van der Waals surface area contributed by atoms with Gasteiger partial charge in [0.2, 0.25) is 0 Å². The fourth-order valence-electron chi connectivity index (χ4n) is 3.25. The van der Waals surface area contributed by atoms with E-state index in [0.717, 1.165) is 24.7 Å². The minimum absolute atomic E-state index is 0.323. The smallest absolute Gasteiger partial charge is 0.0485 e. The molecule has 1 saturated heterocycles. The highest BCUT2D eigenvalue weighted by Crippen LogP contribution is 2.36. The Morgan fingerprint density at radius 3 is 2.40 bits per heavy atom. The van der Waals surface area contributed by atoms with Gasteiger partial charge in [0.05, 0.1) is 0 Å². The van der Waals surface area contributed by atoms with Crippen molar-refractivity contribution in [3.05, 3.63) is 29.6 Å². The highest BCUT2D eigenvalue weighted by molar-refractivity contribution is 5.18. The number of rotatable bonds is 3. The second-order valence-electron chi connectivity index (χ2n) is 7.16. The summed E-state index contributed by atoms with van der Waals surface area (Å²) in [5, 5.41) is 0. The predicted octanol–water partition coefficient (Wildman–Crippen LogP) is 3.15. The molecule has 1 fully saturated rings. The maximum Gasteiger partial charge on any atom is 0.0485 e. The lowest BCUT2D eigenvalue weighted by Gasteiger charge is -2.41. The molecule has 0 spiro atoms. The normalized spacial score (nSPS) is 20.1. The monoisotopic (exact) mass is 275 g/mol. The zero-order valence-electron chi connectivity index (χ0n) is 13.4. The standard InChI is InChI=1S/C17H29N3/c1-13-5-6-14(12-19-13)16(11-18)20-9-7-15(8-10-20)17(2,3)4/h5-6,12,15-16H,7-11,18H2,1-4H3. The van der Waals surface area contributed by atoms with Crippen molar-refractivity contribution in [1.29, 1.82) is 0 Å². The summed E-state index contributed by atoms with van der Waals surface area (Å²) in [6.45, 7) is 12.1. The number of likely N-dealkylation sites (tertiary alicyclic amines) is 1. The van der Waals surface area contributed by atoms with E-state index >= 15 is 0 Å². The summed E-state index contributed by atoms with van der Waals surface area (Å²) < 4.78 is 0. The van der Waals surface area contributed by atoms with E-state index in [-0.39, 0.29) is 0 Å². The zero-order chi connectivity index (χ0) is 14.8. The molecule has 3 heteroatoms. The highest BCUT2D eigenvalue weighted by Gasteiger charge is 2.31. The number of nitrogens with zero attached hydrogens (tertiary/aromatic N) is 2. The average molecular weight is 275 g/mol. The van der Waals surface area contributed by atoms with E-state index in [9.17, 15) is 0 Å². The second-order valence-corrected chi connectivity index (χ2v) is 7.16. The molecule has 0 amide bonds. The van der Waals surface area contributed by atoms with Crippen molar-refractivity contribution >= 4 is 0 Å². The Hall–Kier alpha value is -0.930. The first kappa shape index (κ1) is 15.5. The first-order valence-electron chi connectivity index (χ1n) is 7.78. The molecule has 112 valence electrons. The van der Waals surface area contributed by atoms with Crippen LogP contribution in [-0.2, 0) is 0 Å². The van der Waals surface area contributed by atoms with E-state index in [4.69, 9.17) is 5.73 Å². The molecule has 0 bridgehead atoms. The van der Waals surface area contributed by atoms with Crippen LogP contribution in [-0.4, -0.2) is 29.5 Å². The van der Waals surface area contributed by atoms with Gasteiger partial charge in [0, 0.05) is 24.5 Å². The van der Waals surface area contributed by atoms with Crippen LogP contribution >= 0.6 is 0 Å². The SMILES string of the molecule is Cc1ccc(C(CN)N2CCC(C(C)(C)C)CC2)cn1. The fourth-order valence-corrected chi connectivity index (χ4v) is 3.25. The molecule has 1 atom stereocenters. The summed E-state index contributed by atoms with van der Waals surface area (Å²) >= 11 is 0. The Morgan fingerprint density at radius 2 is 1.95 bits per heavy atom. The quantitative estimate of drug-likeness (QED) is 0.921. The molecular weight excluding hydrogens is 246 g/mol. The molecule has 1 aromatic rings. The number of pyridine rings is 1. The summed E-state index contributed by atoms with van der Waals surface area (Å²) in [7, 11) is 0. The number of nitrogens with two attached hydrogens (primary N) is 1. The molecule has 0 saturated carbocycles. The van der Waals surface area contributed by atoms with Crippen molar-refractivity contribution in [3.8, 4) is 0 Å². The first-order chi connectivity index (χ1) is 9.41. The molecule has 1 aliphatic heterocycles. The van der Waals surface area contributed by atoms with Crippen molar-refractivity contribution in [2.75, 3.05) is 19.6 Å². The van der Waals surface area contributed by atoms with Gasteiger partial charge in [-0.1, -0.05) is 26.8 Å². The van der Waals surface area contributed by atoms with E-state index in [1.807, 2.05) is 13.1 Å². The number of aromatic nitrogens is 1. The van der Waals surface area contributed by atoms with Crippen molar-refractivity contribution in [1.82, 2.24) is 9.88 Å². The molecule has 3 nitrogen and oxygen atoms in total. The van der Waals surface area contributed by atoms with Crippen LogP contribution in [0.1, 0.15) is 50.9 Å². The number of hydrogen-bond donors (Lipinski definition) is 1. The van der Waals surface area contributed by atoms with Crippen LogP contribution in [0.2, 0.25) is 0 Å². The Labute approximate surface area is 123 Å². The van der Waals surface area contributed by atoms with E-state index in [1.54, 1.807) is 0 Å². The summed E-state index contributed by atoms with van der Waals surface area (Å²) in [6.07, 6.45) is 4.54. The van der Waals surface area contributed by atoms with Gasteiger partial charge in [-0.25, -0.2) is 0 Å². The van der Waals surface area contributed by atoms with Crippen LogP contribution < -0.4 is 5.73 Å². The second kappa shape index (κ2) is 6.23. The molecule has 0 aliphatic carbocycles. The number of hydrogen-bond acceptors (Lipinski definition) is 3. The third kappa shape index (κ3) is 3.58. The average Bonchev–Trinajstić information content (AvgIpc) is 2.41. The molecular formula is C17H29N3. The van der Waals surface area contributed by atoms with Gasteiger partial charge in [0.15, 0.2) is 0 Å². The zero-order valence-corrected chi connectivity index (χ0v) is 13.4. The van der Waals surface area contributed by atoms with Gasteiger partial charge < -0.3 is 5.73 Å². The van der Waals surface area contributed by atoms with Crippen LogP contribution in [0, 0.1) is 18.3 Å². The van der Waals surface area contributed by atoms with E-state index in [0.29, 0.717) is 18.0 Å². The van der Waals surface area contributed by atoms with E-state index in [2.05, 4.69) is 42.8 Å². The van der Waals surface area contributed by atoms with Gasteiger partial charge in [0.1, 0.15) is 0 Å². The number of piperidine rings is 1. The van der Waals surface area contributed by atoms with Crippen LogP contribution in [0.25, 0.3) is 0 Å². The minimum Gasteiger partial charge on any atom is -0.329 e. The summed E-state index contributed by atoms with van der Waals surface area (Å²) in [4.78, 5) is 6.95. The van der Waals surface area contributed by atoms with Crippen LogP contribution in [0.3, 0.4) is 0 Å². The third-order valence-corrected chi connectivity index (χ3v) is 4.74. The lowest BCUT2D eigenvalue weighted by atomic mass is 9.75. The van der Waals surface area contributed by atoms with Gasteiger partial charge in [-0.15, -0.1) is 0 Å². The topological polar surface area (TPSA) is 42.1 Å². The van der Waals surface area contributed by atoms with Crippen molar-refractivity contribution in [2.24, 2.45) is 17.1 Å². The van der Waals surface area contributed by atoms with Crippen molar-refractivity contribution in [2.45, 2.75) is 46.6 Å². The van der Waals surface area contributed by atoms with Gasteiger partial charge in [0.25, 0.3) is 0 Å². The molecule has 20 heavy (non-hydrogen) atoms. The molecule has 2 rings (SSSR count). The van der Waals surface area contributed by atoms with Crippen LogP contribution in [0.15, 0.2) is 18.3 Å². The Bertz CT molecular complexity index is 411. The molecule has 0 radical (unpaired) electrons. The first-order valence-corrected chi connectivity index (χ1v) is 7.78. The third-order valence-electron chi connectivity index (χ3n) is 4.74. The van der Waals surface area contributed by atoms with Crippen molar-refractivity contribution in [3.63, 3.8) is 0 Å². The lowest BCUT2D eigenvalue weighted by Crippen LogP contribution is -2.42. The summed E-state index contributed by atoms with van der Waals surface area (Å²) in [6, 6.07) is 4.58. The van der Waals surface area contributed by atoms with Crippen LogP contribution in [0.4, 0.5) is 0 Å². The highest BCUT2D eigenvalue weighted by atomic mass is 15.2. The Balaban J connectivity index is 2.02. The van der Waals surface area contributed by atoms with Crippen molar-refractivity contribution < 1.29 is 0 Å². The van der Waals surface area contributed by atoms with E-state index in [1.165, 1.54) is 18.4 Å². The minimum atomic E-state index is 0.323. The van der Waals surface area contributed by atoms with Gasteiger partial charge in [-0.3, -0.25) is 9.88 Å². The molecule has 2 heterocycles. The van der Waals surface area contributed by atoms with Gasteiger partial charge >= 0.3 is 0 Å². The largest absolute Gasteiger partial charge is 0.329 e. The Morgan fingerprint density at radius 1 is 1.30 bits per heavy atom. The molecule has 2 N–H and O–H groups in total. The number of aryl methyl sites for hydroxylation is 1. The van der Waals surface area contributed by atoms with Gasteiger partial charge in [-0.05, 0) is 55.8 Å². The van der Waals surface area contributed by atoms with E-state index < -0.39 is 0 Å².